The SMILES string of the molecule is Cc1nonc1CC(=O)N1CC2CC(C1)C2c1nc(C2CCC(F)(F)CC2)no1. The van der Waals surface area contributed by atoms with Crippen LogP contribution >= 0.6 is 0 Å². The van der Waals surface area contributed by atoms with E-state index in [2.05, 4.69) is 25.1 Å². The van der Waals surface area contributed by atoms with E-state index in [0.29, 0.717) is 60.9 Å². The van der Waals surface area contributed by atoms with Crippen molar-refractivity contribution in [3.8, 4) is 0 Å². The molecule has 2 saturated heterocycles. The number of hydrogen-bond acceptors (Lipinski definition) is 7. The maximum atomic E-state index is 13.4. The van der Waals surface area contributed by atoms with Gasteiger partial charge in [0, 0.05) is 37.8 Å². The molecule has 2 aromatic rings. The molecule has 0 aromatic carbocycles. The fraction of sp³-hybridized carbons (Fsp3) is 0.737. The minimum Gasteiger partial charge on any atom is -0.342 e. The lowest BCUT2D eigenvalue weighted by atomic mass is 9.61. The van der Waals surface area contributed by atoms with Crippen molar-refractivity contribution in [2.24, 2.45) is 11.8 Å². The zero-order valence-electron chi connectivity index (χ0n) is 16.2. The molecule has 1 amide bonds. The molecule has 0 spiro atoms. The van der Waals surface area contributed by atoms with Gasteiger partial charge in [-0.2, -0.15) is 4.98 Å². The van der Waals surface area contributed by atoms with E-state index < -0.39 is 5.92 Å². The highest BCUT2D eigenvalue weighted by Gasteiger charge is 2.51. The smallest absolute Gasteiger partial charge is 0.248 e. The molecule has 4 heterocycles. The summed E-state index contributed by atoms with van der Waals surface area (Å²) in [7, 11) is 0. The maximum absolute atomic E-state index is 13.4. The van der Waals surface area contributed by atoms with Gasteiger partial charge < -0.3 is 9.42 Å². The maximum Gasteiger partial charge on any atom is 0.248 e. The summed E-state index contributed by atoms with van der Waals surface area (Å²) in [5, 5.41) is 11.6. The summed E-state index contributed by atoms with van der Waals surface area (Å²) in [6, 6.07) is 0. The number of piperidine rings is 2. The van der Waals surface area contributed by atoms with Crippen LogP contribution in [0.2, 0.25) is 0 Å². The van der Waals surface area contributed by atoms with Crippen LogP contribution < -0.4 is 0 Å². The molecule has 29 heavy (non-hydrogen) atoms. The van der Waals surface area contributed by atoms with Gasteiger partial charge in [-0.25, -0.2) is 13.4 Å². The number of hydrogen-bond donors (Lipinski definition) is 0. The van der Waals surface area contributed by atoms with Gasteiger partial charge >= 0.3 is 0 Å². The first-order valence-corrected chi connectivity index (χ1v) is 10.2. The van der Waals surface area contributed by atoms with Gasteiger partial charge in [0.2, 0.25) is 17.7 Å². The molecule has 2 bridgehead atoms. The average Bonchev–Trinajstić information content (AvgIpc) is 3.31. The first kappa shape index (κ1) is 18.6. The summed E-state index contributed by atoms with van der Waals surface area (Å²) in [6.45, 7) is 3.07. The number of carbonyl (C=O) groups excluding carboxylic acids is 1. The second-order valence-electron chi connectivity index (χ2n) is 8.67. The Balaban J connectivity index is 1.20. The monoisotopic (exact) mass is 407 g/mol. The lowest BCUT2D eigenvalue weighted by molar-refractivity contribution is -0.139. The summed E-state index contributed by atoms with van der Waals surface area (Å²) >= 11 is 0. The summed E-state index contributed by atoms with van der Waals surface area (Å²) in [5.41, 5.74) is 1.21. The van der Waals surface area contributed by atoms with Gasteiger partial charge in [-0.05, 0) is 38.0 Å². The quantitative estimate of drug-likeness (QED) is 0.768. The molecule has 0 radical (unpaired) electrons. The third-order valence-electron chi connectivity index (χ3n) is 6.77. The Labute approximate surface area is 166 Å². The van der Waals surface area contributed by atoms with Gasteiger partial charge in [-0.3, -0.25) is 4.79 Å². The van der Waals surface area contributed by atoms with Crippen LogP contribution in [0.15, 0.2) is 9.15 Å². The van der Waals surface area contributed by atoms with Crippen LogP contribution in [0, 0.1) is 18.8 Å². The normalized spacial score (nSPS) is 28.9. The van der Waals surface area contributed by atoms with E-state index in [-0.39, 0.29) is 37.0 Å². The van der Waals surface area contributed by atoms with Gasteiger partial charge in [0.25, 0.3) is 0 Å². The van der Waals surface area contributed by atoms with E-state index in [9.17, 15) is 13.6 Å². The van der Waals surface area contributed by atoms with Crippen molar-refractivity contribution in [1.29, 1.82) is 0 Å². The largest absolute Gasteiger partial charge is 0.342 e. The first-order valence-electron chi connectivity index (χ1n) is 10.2. The molecule has 6 rings (SSSR count). The predicted octanol–water partition coefficient (Wildman–Crippen LogP) is 2.86. The Morgan fingerprint density at radius 1 is 1.17 bits per heavy atom. The van der Waals surface area contributed by atoms with E-state index in [4.69, 9.17) is 4.52 Å². The fourth-order valence-electron chi connectivity index (χ4n) is 5.01. The molecular formula is C19H23F2N5O3. The molecule has 156 valence electrons. The number of amides is 1. The Kier molecular flexibility index (Phi) is 4.40. The van der Waals surface area contributed by atoms with Crippen LogP contribution in [0.5, 0.6) is 0 Å². The van der Waals surface area contributed by atoms with Crippen molar-refractivity contribution in [3.05, 3.63) is 23.1 Å². The van der Waals surface area contributed by atoms with Crippen LogP contribution in [0.25, 0.3) is 0 Å². The molecule has 10 heteroatoms. The Morgan fingerprint density at radius 3 is 2.55 bits per heavy atom. The highest BCUT2D eigenvalue weighted by Crippen LogP contribution is 2.51. The zero-order valence-corrected chi connectivity index (χ0v) is 16.2. The number of rotatable bonds is 4. The summed E-state index contributed by atoms with van der Waals surface area (Å²) in [5.74, 6) is -0.706. The van der Waals surface area contributed by atoms with Crippen molar-refractivity contribution < 1.29 is 22.7 Å². The van der Waals surface area contributed by atoms with E-state index >= 15 is 0 Å². The third kappa shape index (κ3) is 3.42. The van der Waals surface area contributed by atoms with Crippen molar-refractivity contribution in [1.82, 2.24) is 25.4 Å². The van der Waals surface area contributed by atoms with Crippen LogP contribution in [-0.4, -0.2) is 50.3 Å². The van der Waals surface area contributed by atoms with E-state index in [1.54, 1.807) is 6.92 Å². The molecule has 4 fully saturated rings. The summed E-state index contributed by atoms with van der Waals surface area (Å²) in [4.78, 5) is 19.0. The van der Waals surface area contributed by atoms with Crippen LogP contribution in [0.1, 0.15) is 67.0 Å². The number of halogens is 2. The van der Waals surface area contributed by atoms with Crippen LogP contribution in [-0.2, 0) is 11.2 Å². The summed E-state index contributed by atoms with van der Waals surface area (Å²) in [6.07, 6.45) is 1.77. The van der Waals surface area contributed by atoms with E-state index in [1.165, 1.54) is 0 Å². The Hall–Kier alpha value is -2.39. The second kappa shape index (κ2) is 6.84. The van der Waals surface area contributed by atoms with Crippen LogP contribution in [0.4, 0.5) is 8.78 Å². The Morgan fingerprint density at radius 2 is 1.90 bits per heavy atom. The van der Waals surface area contributed by atoms with E-state index in [0.717, 1.165) is 6.42 Å². The first-order chi connectivity index (χ1) is 13.9. The van der Waals surface area contributed by atoms with Gasteiger partial charge in [0.15, 0.2) is 5.82 Å². The highest BCUT2D eigenvalue weighted by atomic mass is 19.3. The third-order valence-corrected chi connectivity index (χ3v) is 6.77. The molecule has 2 saturated carbocycles. The zero-order chi connectivity index (χ0) is 20.2. The minimum absolute atomic E-state index is 0.0197. The molecule has 4 aliphatic rings. The molecule has 2 aromatic heterocycles. The lowest BCUT2D eigenvalue weighted by Crippen LogP contribution is -2.55. The molecule has 8 nitrogen and oxygen atoms in total. The predicted molar refractivity (Wildman–Crippen MR) is 94.1 cm³/mol. The number of fused-ring (bicyclic) bond motifs is 2. The second-order valence-corrected chi connectivity index (χ2v) is 8.67. The van der Waals surface area contributed by atoms with Crippen molar-refractivity contribution in [2.45, 2.75) is 63.2 Å². The molecule has 2 aliphatic carbocycles. The van der Waals surface area contributed by atoms with Gasteiger partial charge in [-0.1, -0.05) is 15.5 Å². The molecular weight excluding hydrogens is 384 g/mol. The Bertz CT molecular complexity index is 891. The standard InChI is InChI=1S/C19H23F2N5O3/c1-10-14(24-29-23-10)7-15(27)26-8-12-6-13(9-26)16(12)18-22-17(25-28-18)11-2-4-19(20,21)5-3-11/h11-13,16H,2-9H2,1H3. The van der Waals surface area contributed by atoms with Gasteiger partial charge in [0.05, 0.1) is 6.42 Å². The molecule has 2 unspecified atom stereocenters. The average molecular weight is 407 g/mol. The topological polar surface area (TPSA) is 98.2 Å². The number of aromatic nitrogens is 4. The van der Waals surface area contributed by atoms with E-state index in [1.807, 2.05) is 4.90 Å². The van der Waals surface area contributed by atoms with Crippen molar-refractivity contribution in [2.75, 3.05) is 13.1 Å². The van der Waals surface area contributed by atoms with Gasteiger partial charge in [-0.15, -0.1) is 0 Å². The number of aryl methyl sites for hydroxylation is 1. The van der Waals surface area contributed by atoms with Crippen molar-refractivity contribution in [3.63, 3.8) is 0 Å². The highest BCUT2D eigenvalue weighted by molar-refractivity contribution is 5.78. The van der Waals surface area contributed by atoms with Crippen molar-refractivity contribution >= 4 is 5.91 Å². The number of carbonyl (C=O) groups is 1. The van der Waals surface area contributed by atoms with Gasteiger partial charge in [0.1, 0.15) is 11.4 Å². The molecule has 2 atom stereocenters. The number of nitrogens with zero attached hydrogens (tertiary/aromatic N) is 5. The summed E-state index contributed by atoms with van der Waals surface area (Å²) < 4.78 is 36.9. The lowest BCUT2D eigenvalue weighted by Gasteiger charge is -2.52. The number of alkyl halides is 2. The molecule has 2 aliphatic heterocycles. The minimum atomic E-state index is -2.56. The molecule has 0 N–H and O–H groups in total. The fourth-order valence-corrected chi connectivity index (χ4v) is 5.01. The van der Waals surface area contributed by atoms with Crippen LogP contribution in [0.3, 0.4) is 0 Å².